The number of hydrogen-bond donors (Lipinski definition) is 1. The van der Waals surface area contributed by atoms with Crippen molar-refractivity contribution in [3.8, 4) is 0 Å². The summed E-state index contributed by atoms with van der Waals surface area (Å²) in [5, 5.41) is 2.93. The average Bonchev–Trinajstić information content (AvgIpc) is 2.92. The van der Waals surface area contributed by atoms with E-state index in [-0.39, 0.29) is 17.6 Å². The Balaban J connectivity index is 1.65. The van der Waals surface area contributed by atoms with E-state index < -0.39 is 0 Å². The van der Waals surface area contributed by atoms with Gasteiger partial charge in [-0.1, -0.05) is 6.08 Å². The Labute approximate surface area is 126 Å². The zero-order valence-corrected chi connectivity index (χ0v) is 12.8. The van der Waals surface area contributed by atoms with Crippen LogP contribution in [0.25, 0.3) is 0 Å². The van der Waals surface area contributed by atoms with E-state index in [0.29, 0.717) is 31.7 Å². The van der Waals surface area contributed by atoms with Crippen LogP contribution in [0.3, 0.4) is 0 Å². The first-order valence-corrected chi connectivity index (χ1v) is 8.00. The highest BCUT2D eigenvalue weighted by Crippen LogP contribution is 2.44. The van der Waals surface area contributed by atoms with Crippen molar-refractivity contribution in [1.82, 2.24) is 10.2 Å². The van der Waals surface area contributed by atoms with Crippen molar-refractivity contribution in [2.75, 3.05) is 33.4 Å². The molecule has 2 aliphatic heterocycles. The Bertz CT molecular complexity index is 406. The molecule has 1 amide bonds. The smallest absolute Gasteiger partial charge is 0.224 e. The van der Waals surface area contributed by atoms with Crippen LogP contribution in [0, 0.1) is 11.8 Å². The molecule has 1 spiro atoms. The molecule has 1 aliphatic carbocycles. The van der Waals surface area contributed by atoms with Gasteiger partial charge in [-0.2, -0.15) is 0 Å². The van der Waals surface area contributed by atoms with Gasteiger partial charge < -0.3 is 19.7 Å². The number of piperidine rings is 1. The number of carbonyl (C=O) groups is 1. The van der Waals surface area contributed by atoms with Crippen LogP contribution >= 0.6 is 0 Å². The van der Waals surface area contributed by atoms with Crippen molar-refractivity contribution >= 4 is 5.91 Å². The van der Waals surface area contributed by atoms with E-state index >= 15 is 0 Å². The maximum absolute atomic E-state index is 12.2. The summed E-state index contributed by atoms with van der Waals surface area (Å²) >= 11 is 0. The van der Waals surface area contributed by atoms with Gasteiger partial charge in [0.05, 0.1) is 19.1 Å². The minimum atomic E-state index is -0.360. The second kappa shape index (κ2) is 6.07. The van der Waals surface area contributed by atoms with Crippen molar-refractivity contribution in [1.29, 1.82) is 0 Å². The molecule has 0 unspecified atom stereocenters. The normalized spacial score (nSPS) is 35.4. The summed E-state index contributed by atoms with van der Waals surface area (Å²) in [6.45, 7) is 6.45. The standard InChI is InChI=1S/C16H26N2O3/c1-3-6-17-15(19)13-9-12-10-16(20-7-8-21-16)5-4-14(12)18(2)11-13/h3,12-14H,1,4-11H2,2H3,(H,17,19)/t12-,13-,14-/m1/s1. The number of nitrogens with one attached hydrogen (secondary N) is 1. The number of hydrogen-bond acceptors (Lipinski definition) is 4. The van der Waals surface area contributed by atoms with E-state index in [9.17, 15) is 4.79 Å². The lowest BCUT2D eigenvalue weighted by Crippen LogP contribution is -2.55. The first-order chi connectivity index (χ1) is 10.1. The van der Waals surface area contributed by atoms with Gasteiger partial charge in [-0.3, -0.25) is 4.79 Å². The van der Waals surface area contributed by atoms with E-state index in [1.165, 1.54) is 0 Å². The number of likely N-dealkylation sites (tertiary alicyclic amines) is 1. The van der Waals surface area contributed by atoms with Crippen LogP contribution in [0.4, 0.5) is 0 Å². The summed E-state index contributed by atoms with van der Waals surface area (Å²) in [7, 11) is 2.14. The molecule has 0 aromatic rings. The molecule has 2 heterocycles. The van der Waals surface area contributed by atoms with E-state index in [0.717, 1.165) is 32.2 Å². The Morgan fingerprint density at radius 1 is 1.48 bits per heavy atom. The molecule has 1 N–H and O–H groups in total. The minimum Gasteiger partial charge on any atom is -0.352 e. The van der Waals surface area contributed by atoms with E-state index in [4.69, 9.17) is 9.47 Å². The molecule has 1 saturated carbocycles. The van der Waals surface area contributed by atoms with E-state index in [1.807, 2.05) is 0 Å². The molecule has 21 heavy (non-hydrogen) atoms. The van der Waals surface area contributed by atoms with Gasteiger partial charge in [0.2, 0.25) is 5.91 Å². The summed E-state index contributed by atoms with van der Waals surface area (Å²) in [4.78, 5) is 14.6. The SMILES string of the molecule is C=CCNC(=O)[C@@H]1C[C@@H]2CC3(CC[C@H]2N(C)C1)OCCO3. The maximum Gasteiger partial charge on any atom is 0.224 e. The predicted octanol–water partition coefficient (Wildman–Crippen LogP) is 1.15. The van der Waals surface area contributed by atoms with Gasteiger partial charge in [-0.15, -0.1) is 6.58 Å². The molecule has 0 bridgehead atoms. The Morgan fingerprint density at radius 3 is 2.95 bits per heavy atom. The van der Waals surface area contributed by atoms with Crippen molar-refractivity contribution in [2.45, 2.75) is 37.5 Å². The van der Waals surface area contributed by atoms with Gasteiger partial charge in [0.15, 0.2) is 5.79 Å². The molecule has 5 nitrogen and oxygen atoms in total. The third kappa shape index (κ3) is 3.00. The van der Waals surface area contributed by atoms with Crippen molar-refractivity contribution in [3.63, 3.8) is 0 Å². The topological polar surface area (TPSA) is 50.8 Å². The summed E-state index contributed by atoms with van der Waals surface area (Å²) < 4.78 is 11.7. The maximum atomic E-state index is 12.2. The molecule has 3 rings (SSSR count). The number of fused-ring (bicyclic) bond motifs is 1. The largest absolute Gasteiger partial charge is 0.352 e. The summed E-state index contributed by atoms with van der Waals surface area (Å²) in [5.74, 6) is 0.331. The fraction of sp³-hybridized carbons (Fsp3) is 0.812. The molecule has 5 heteroatoms. The number of carbonyl (C=O) groups excluding carboxylic acids is 1. The molecule has 118 valence electrons. The monoisotopic (exact) mass is 294 g/mol. The molecule has 0 aromatic heterocycles. The zero-order chi connectivity index (χ0) is 14.9. The van der Waals surface area contributed by atoms with Crippen LogP contribution in [-0.4, -0.2) is 56.0 Å². The average molecular weight is 294 g/mol. The van der Waals surface area contributed by atoms with Gasteiger partial charge in [-0.25, -0.2) is 0 Å². The first kappa shape index (κ1) is 15.0. The number of rotatable bonds is 3. The molecule has 3 aliphatic rings. The van der Waals surface area contributed by atoms with Gasteiger partial charge in [-0.05, 0) is 25.8 Å². The van der Waals surface area contributed by atoms with Gasteiger partial charge in [0.1, 0.15) is 0 Å². The third-order valence-corrected chi connectivity index (χ3v) is 5.21. The second-order valence-corrected chi connectivity index (χ2v) is 6.58. The van der Waals surface area contributed by atoms with Crippen molar-refractivity contribution in [2.24, 2.45) is 11.8 Å². The first-order valence-electron chi connectivity index (χ1n) is 8.00. The summed E-state index contributed by atoms with van der Waals surface area (Å²) in [6, 6.07) is 0.562. The lowest BCUT2D eigenvalue weighted by atomic mass is 9.72. The Kier molecular flexibility index (Phi) is 4.33. The van der Waals surface area contributed by atoms with Gasteiger partial charge >= 0.3 is 0 Å². The molecular weight excluding hydrogens is 268 g/mol. The number of amides is 1. The fourth-order valence-corrected chi connectivity index (χ4v) is 4.25. The Morgan fingerprint density at radius 2 is 2.24 bits per heavy atom. The molecule has 0 aromatic carbocycles. The van der Waals surface area contributed by atoms with Crippen LogP contribution in [0.2, 0.25) is 0 Å². The minimum absolute atomic E-state index is 0.0627. The van der Waals surface area contributed by atoms with Gasteiger partial charge in [0.25, 0.3) is 0 Å². The molecular formula is C16H26N2O3. The zero-order valence-electron chi connectivity index (χ0n) is 12.8. The highest BCUT2D eigenvalue weighted by molar-refractivity contribution is 5.79. The highest BCUT2D eigenvalue weighted by atomic mass is 16.7. The molecule has 2 saturated heterocycles. The summed E-state index contributed by atoms with van der Waals surface area (Å²) in [6.07, 6.45) is 5.66. The Hall–Kier alpha value is -0.910. The van der Waals surface area contributed by atoms with E-state index in [2.05, 4.69) is 23.8 Å². The third-order valence-electron chi connectivity index (χ3n) is 5.21. The fourth-order valence-electron chi connectivity index (χ4n) is 4.25. The predicted molar refractivity (Wildman–Crippen MR) is 79.7 cm³/mol. The number of nitrogens with zero attached hydrogens (tertiary/aromatic N) is 1. The van der Waals surface area contributed by atoms with Gasteiger partial charge in [0, 0.05) is 32.0 Å². The number of ether oxygens (including phenoxy) is 2. The van der Waals surface area contributed by atoms with Crippen LogP contribution in [0.1, 0.15) is 25.7 Å². The molecule has 3 fully saturated rings. The van der Waals surface area contributed by atoms with Crippen LogP contribution < -0.4 is 5.32 Å². The van der Waals surface area contributed by atoms with Crippen LogP contribution in [0.5, 0.6) is 0 Å². The highest BCUT2D eigenvalue weighted by Gasteiger charge is 2.49. The van der Waals surface area contributed by atoms with Crippen molar-refractivity contribution < 1.29 is 14.3 Å². The van der Waals surface area contributed by atoms with Crippen molar-refractivity contribution in [3.05, 3.63) is 12.7 Å². The summed E-state index contributed by atoms with van der Waals surface area (Å²) in [5.41, 5.74) is 0. The molecule has 3 atom stereocenters. The van der Waals surface area contributed by atoms with E-state index in [1.54, 1.807) is 6.08 Å². The van der Waals surface area contributed by atoms with Crippen LogP contribution in [0.15, 0.2) is 12.7 Å². The second-order valence-electron chi connectivity index (χ2n) is 6.58. The molecule has 0 radical (unpaired) electrons. The van der Waals surface area contributed by atoms with Crippen LogP contribution in [-0.2, 0) is 14.3 Å². The lowest BCUT2D eigenvalue weighted by molar-refractivity contribution is -0.202. The lowest BCUT2D eigenvalue weighted by Gasteiger charge is -2.49. The quantitative estimate of drug-likeness (QED) is 0.794.